The van der Waals surface area contributed by atoms with Crippen LogP contribution in [0.1, 0.15) is 6.42 Å². The van der Waals surface area contributed by atoms with Gasteiger partial charge in [0.25, 0.3) is 0 Å². The Morgan fingerprint density at radius 3 is 2.83 bits per heavy atom. The lowest BCUT2D eigenvalue weighted by Crippen LogP contribution is -2.40. The predicted molar refractivity (Wildman–Crippen MR) is 65.0 cm³/mol. The average molecular weight is 270 g/mol. The van der Waals surface area contributed by atoms with Gasteiger partial charge in [0, 0.05) is 19.8 Å². The first-order valence-electron chi connectivity index (χ1n) is 5.39. The first-order valence-corrected chi connectivity index (χ1v) is 6.88. The van der Waals surface area contributed by atoms with Crippen molar-refractivity contribution in [1.29, 1.82) is 0 Å². The highest BCUT2D eigenvalue weighted by Gasteiger charge is 2.33. The summed E-state index contributed by atoms with van der Waals surface area (Å²) in [5.41, 5.74) is 5.52. The SMILES string of the molecule is CN1CCC(NS(=O)(=O)c2cccnc2N)C1=O. The fourth-order valence-corrected chi connectivity index (χ4v) is 3.12. The number of rotatable bonds is 3. The summed E-state index contributed by atoms with van der Waals surface area (Å²) in [4.78, 5) is 16.8. The molecule has 7 nitrogen and oxygen atoms in total. The summed E-state index contributed by atoms with van der Waals surface area (Å²) in [6, 6.07) is 2.11. The summed E-state index contributed by atoms with van der Waals surface area (Å²) in [5, 5.41) is 0. The van der Waals surface area contributed by atoms with Gasteiger partial charge in [-0.2, -0.15) is 4.72 Å². The van der Waals surface area contributed by atoms with Gasteiger partial charge in [-0.15, -0.1) is 0 Å². The third kappa shape index (κ3) is 2.29. The van der Waals surface area contributed by atoms with Crippen LogP contribution >= 0.6 is 0 Å². The van der Waals surface area contributed by atoms with Crippen LogP contribution in [0.2, 0.25) is 0 Å². The zero-order valence-electron chi connectivity index (χ0n) is 9.83. The van der Waals surface area contributed by atoms with E-state index in [0.717, 1.165) is 0 Å². The number of aromatic nitrogens is 1. The Morgan fingerprint density at radius 1 is 1.56 bits per heavy atom. The number of pyridine rings is 1. The van der Waals surface area contributed by atoms with E-state index in [2.05, 4.69) is 9.71 Å². The highest BCUT2D eigenvalue weighted by atomic mass is 32.2. The molecule has 0 spiro atoms. The zero-order valence-corrected chi connectivity index (χ0v) is 10.6. The minimum absolute atomic E-state index is 0.0798. The number of nitrogens with zero attached hydrogens (tertiary/aromatic N) is 2. The van der Waals surface area contributed by atoms with Crippen molar-refractivity contribution in [2.24, 2.45) is 0 Å². The topological polar surface area (TPSA) is 105 Å². The largest absolute Gasteiger partial charge is 0.383 e. The van der Waals surface area contributed by atoms with E-state index in [1.165, 1.54) is 23.2 Å². The van der Waals surface area contributed by atoms with E-state index in [-0.39, 0.29) is 16.6 Å². The van der Waals surface area contributed by atoms with E-state index in [4.69, 9.17) is 5.73 Å². The van der Waals surface area contributed by atoms with Crippen LogP contribution in [0, 0.1) is 0 Å². The Balaban J connectivity index is 2.24. The quantitative estimate of drug-likeness (QED) is 0.746. The number of anilines is 1. The Hall–Kier alpha value is -1.67. The molecule has 0 saturated carbocycles. The third-order valence-electron chi connectivity index (χ3n) is 2.81. The number of likely N-dealkylation sites (tertiary alicyclic amines) is 1. The third-order valence-corrected chi connectivity index (χ3v) is 4.33. The molecule has 0 bridgehead atoms. The predicted octanol–water partition coefficient (Wildman–Crippen LogP) is -0.827. The van der Waals surface area contributed by atoms with Crippen molar-refractivity contribution >= 4 is 21.7 Å². The molecule has 0 aliphatic carbocycles. The molecule has 1 aliphatic rings. The second-order valence-corrected chi connectivity index (χ2v) is 5.79. The summed E-state index contributed by atoms with van der Waals surface area (Å²) >= 11 is 0. The number of carbonyl (C=O) groups excluding carboxylic acids is 1. The highest BCUT2D eigenvalue weighted by molar-refractivity contribution is 7.89. The molecule has 1 aliphatic heterocycles. The number of amides is 1. The van der Waals surface area contributed by atoms with Gasteiger partial charge in [0.15, 0.2) is 0 Å². The van der Waals surface area contributed by atoms with E-state index in [0.29, 0.717) is 13.0 Å². The average Bonchev–Trinajstić information content (AvgIpc) is 2.61. The van der Waals surface area contributed by atoms with E-state index in [9.17, 15) is 13.2 Å². The van der Waals surface area contributed by atoms with Gasteiger partial charge in [-0.3, -0.25) is 4.79 Å². The van der Waals surface area contributed by atoms with Crippen molar-refractivity contribution in [3.8, 4) is 0 Å². The van der Waals surface area contributed by atoms with Crippen molar-refractivity contribution < 1.29 is 13.2 Å². The fraction of sp³-hybridized carbons (Fsp3) is 0.400. The van der Waals surface area contributed by atoms with Crippen molar-refractivity contribution in [3.63, 3.8) is 0 Å². The van der Waals surface area contributed by atoms with Gasteiger partial charge in [-0.25, -0.2) is 13.4 Å². The van der Waals surface area contributed by atoms with Crippen LogP contribution < -0.4 is 10.5 Å². The van der Waals surface area contributed by atoms with Crippen LogP contribution in [0.25, 0.3) is 0 Å². The molecule has 1 aromatic heterocycles. The Bertz CT molecular complexity index is 572. The highest BCUT2D eigenvalue weighted by Crippen LogP contribution is 2.17. The van der Waals surface area contributed by atoms with Crippen molar-refractivity contribution in [2.75, 3.05) is 19.3 Å². The number of nitrogen functional groups attached to an aromatic ring is 1. The molecule has 1 aromatic rings. The maximum absolute atomic E-state index is 12.1. The van der Waals surface area contributed by atoms with E-state index >= 15 is 0 Å². The Labute approximate surface area is 105 Å². The summed E-state index contributed by atoms with van der Waals surface area (Å²) in [6.07, 6.45) is 1.86. The first kappa shape index (κ1) is 12.8. The number of likely N-dealkylation sites (N-methyl/N-ethyl adjacent to an activating group) is 1. The lowest BCUT2D eigenvalue weighted by Gasteiger charge is -2.13. The molecule has 2 heterocycles. The molecule has 8 heteroatoms. The lowest BCUT2D eigenvalue weighted by atomic mass is 10.3. The molecule has 1 amide bonds. The molecule has 1 atom stereocenters. The second-order valence-electron chi connectivity index (χ2n) is 4.11. The Kier molecular flexibility index (Phi) is 3.22. The molecular formula is C10H14N4O3S. The molecular weight excluding hydrogens is 256 g/mol. The minimum atomic E-state index is -3.82. The van der Waals surface area contributed by atoms with Gasteiger partial charge < -0.3 is 10.6 Å². The first-order chi connectivity index (χ1) is 8.42. The smallest absolute Gasteiger partial charge is 0.244 e. The van der Waals surface area contributed by atoms with Gasteiger partial charge in [-0.1, -0.05) is 0 Å². The van der Waals surface area contributed by atoms with E-state index in [1.807, 2.05) is 0 Å². The van der Waals surface area contributed by atoms with Gasteiger partial charge in [0.1, 0.15) is 16.8 Å². The molecule has 1 fully saturated rings. The van der Waals surface area contributed by atoms with Crippen LogP contribution in [0.5, 0.6) is 0 Å². The molecule has 3 N–H and O–H groups in total. The summed E-state index contributed by atoms with van der Waals surface area (Å²) in [5.74, 6) is -0.315. The standard InChI is InChI=1S/C10H14N4O3S/c1-14-6-4-7(10(14)15)13-18(16,17)8-3-2-5-12-9(8)11/h2-3,5,7,13H,4,6H2,1H3,(H2,11,12). The molecule has 2 rings (SSSR count). The Morgan fingerprint density at radius 2 is 2.28 bits per heavy atom. The summed E-state index contributed by atoms with van der Waals surface area (Å²) in [7, 11) is -2.18. The number of nitrogens with two attached hydrogens (primary N) is 1. The van der Waals surface area contributed by atoms with Gasteiger partial charge in [0.05, 0.1) is 0 Å². The van der Waals surface area contributed by atoms with Crippen molar-refractivity contribution in [1.82, 2.24) is 14.6 Å². The summed E-state index contributed by atoms with van der Waals surface area (Å²) in [6.45, 7) is 0.536. The van der Waals surface area contributed by atoms with Crippen LogP contribution in [0.4, 0.5) is 5.82 Å². The van der Waals surface area contributed by atoms with Crippen molar-refractivity contribution in [2.45, 2.75) is 17.4 Å². The number of carbonyl (C=O) groups is 1. The molecule has 98 valence electrons. The van der Waals surface area contributed by atoms with Crippen LogP contribution in [0.3, 0.4) is 0 Å². The second kappa shape index (κ2) is 4.54. The number of hydrogen-bond donors (Lipinski definition) is 2. The summed E-state index contributed by atoms with van der Waals surface area (Å²) < 4.78 is 26.5. The zero-order chi connectivity index (χ0) is 13.3. The number of sulfonamides is 1. The van der Waals surface area contributed by atoms with E-state index in [1.54, 1.807) is 7.05 Å². The maximum Gasteiger partial charge on any atom is 0.244 e. The van der Waals surface area contributed by atoms with Gasteiger partial charge in [-0.05, 0) is 18.6 Å². The van der Waals surface area contributed by atoms with Crippen LogP contribution in [-0.4, -0.2) is 43.8 Å². The minimum Gasteiger partial charge on any atom is -0.383 e. The normalized spacial score (nSPS) is 20.4. The van der Waals surface area contributed by atoms with Crippen LogP contribution in [0.15, 0.2) is 23.2 Å². The maximum atomic E-state index is 12.1. The van der Waals surface area contributed by atoms with Crippen molar-refractivity contribution in [3.05, 3.63) is 18.3 Å². The molecule has 0 radical (unpaired) electrons. The van der Waals surface area contributed by atoms with Gasteiger partial charge in [0.2, 0.25) is 15.9 Å². The van der Waals surface area contributed by atoms with Gasteiger partial charge >= 0.3 is 0 Å². The monoisotopic (exact) mass is 270 g/mol. The molecule has 0 aromatic carbocycles. The molecule has 1 unspecified atom stereocenters. The van der Waals surface area contributed by atoms with E-state index < -0.39 is 16.1 Å². The number of hydrogen-bond acceptors (Lipinski definition) is 5. The molecule has 1 saturated heterocycles. The number of nitrogens with one attached hydrogen (secondary N) is 1. The van der Waals surface area contributed by atoms with Crippen LogP contribution in [-0.2, 0) is 14.8 Å². The lowest BCUT2D eigenvalue weighted by molar-refractivity contribution is -0.127. The molecule has 18 heavy (non-hydrogen) atoms. The fourth-order valence-electron chi connectivity index (χ4n) is 1.81.